The van der Waals surface area contributed by atoms with E-state index in [1.165, 1.54) is 39.0 Å². The molecule has 5 aromatic carbocycles. The molecule has 1 aliphatic rings. The summed E-state index contributed by atoms with van der Waals surface area (Å²) in [7, 11) is 0. The van der Waals surface area contributed by atoms with Crippen molar-refractivity contribution in [1.29, 1.82) is 0 Å². The molecule has 0 aliphatic carbocycles. The van der Waals surface area contributed by atoms with Gasteiger partial charge in [0, 0.05) is 63.2 Å². The first-order chi connectivity index (χ1) is 27.4. The van der Waals surface area contributed by atoms with Gasteiger partial charge in [-0.15, -0.1) is 0 Å². The Kier molecular flexibility index (Phi) is 9.58. The highest BCUT2D eigenvalue weighted by atomic mass is 16.5. The summed E-state index contributed by atoms with van der Waals surface area (Å²) in [6, 6.07) is 46.0. The van der Waals surface area contributed by atoms with Crippen molar-refractivity contribution in [2.75, 3.05) is 16.5 Å². The zero-order chi connectivity index (χ0) is 41.2. The summed E-state index contributed by atoms with van der Waals surface area (Å²) >= 11 is 0. The highest BCUT2D eigenvalue weighted by molar-refractivity contribution is 6.10. The van der Waals surface area contributed by atoms with Gasteiger partial charge in [0.05, 0.1) is 17.7 Å². The van der Waals surface area contributed by atoms with Gasteiger partial charge in [-0.1, -0.05) is 131 Å². The second-order valence-corrected chi connectivity index (χ2v) is 19.6. The molecule has 0 N–H and O–H groups in total. The molecule has 0 bridgehead atoms. The zero-order valence-corrected chi connectivity index (χ0v) is 36.2. The van der Waals surface area contributed by atoms with Gasteiger partial charge in [-0.25, -0.2) is 4.98 Å². The van der Waals surface area contributed by atoms with Gasteiger partial charge < -0.3 is 14.5 Å². The fourth-order valence-electron chi connectivity index (χ4n) is 8.19. The molecule has 7 aromatic rings. The molecule has 0 amide bonds. The SMILES string of the molecule is CC(C)(C)C1=CN(c2cccc(C(C)(C)C)c2)CN1c1cccc(Oc2ccc3c4cc(C(C)(C)c5ccccc5)ccc4n(-c4cc(C(C)(C)C)ccn4)c3c2)c1. The smallest absolute Gasteiger partial charge is 0.137 e. The predicted molar refractivity (Wildman–Crippen MR) is 245 cm³/mol. The first-order valence-corrected chi connectivity index (χ1v) is 20.6. The highest BCUT2D eigenvalue weighted by Crippen LogP contribution is 2.42. The van der Waals surface area contributed by atoms with E-state index in [2.05, 4.69) is 224 Å². The fraction of sp³-hybridized carbons (Fsp3) is 0.302. The summed E-state index contributed by atoms with van der Waals surface area (Å²) in [6.07, 6.45) is 4.25. The number of anilines is 2. The molecule has 296 valence electrons. The molecular weight excluding hydrogens is 709 g/mol. The molecular formula is C53H58N4O. The Morgan fingerprint density at radius 1 is 0.500 bits per heavy atom. The van der Waals surface area contributed by atoms with Crippen LogP contribution in [0.2, 0.25) is 0 Å². The van der Waals surface area contributed by atoms with Crippen LogP contribution in [0.4, 0.5) is 11.4 Å². The number of benzene rings is 5. The Labute approximate surface area is 345 Å². The average Bonchev–Trinajstić information content (AvgIpc) is 3.78. The summed E-state index contributed by atoms with van der Waals surface area (Å²) in [5, 5.41) is 2.36. The van der Waals surface area contributed by atoms with Crippen LogP contribution in [0.15, 0.2) is 145 Å². The van der Waals surface area contributed by atoms with E-state index >= 15 is 0 Å². The van der Waals surface area contributed by atoms with E-state index in [0.717, 1.165) is 46.1 Å². The Bertz CT molecular complexity index is 2660. The molecule has 58 heavy (non-hydrogen) atoms. The number of aromatic nitrogens is 2. The molecule has 5 nitrogen and oxygen atoms in total. The van der Waals surface area contributed by atoms with E-state index in [0.29, 0.717) is 0 Å². The average molecular weight is 767 g/mol. The minimum Gasteiger partial charge on any atom is -0.457 e. The van der Waals surface area contributed by atoms with Crippen LogP contribution in [0.1, 0.15) is 98.4 Å². The van der Waals surface area contributed by atoms with Crippen molar-refractivity contribution >= 4 is 33.2 Å². The Morgan fingerprint density at radius 3 is 1.90 bits per heavy atom. The quantitative estimate of drug-likeness (QED) is 0.162. The molecule has 2 aromatic heterocycles. The first kappa shape index (κ1) is 39.0. The summed E-state index contributed by atoms with van der Waals surface area (Å²) in [6.45, 7) is 25.8. The predicted octanol–water partition coefficient (Wildman–Crippen LogP) is 14.1. The standard InChI is InChI=1S/C53H58N4O/c1-50(2,3)37-19-15-20-40(29-37)55-34-48(52(7,8)9)56(35-55)41-21-16-22-42(32-41)58-43-24-25-44-45-30-39(53(10,11)36-17-13-12-14-18-36)23-26-46(45)57(47(44)33-43)49-31-38(27-28-54-49)51(4,5)6/h12-34H,35H2,1-11H3. The van der Waals surface area contributed by atoms with Crippen molar-refractivity contribution in [2.24, 2.45) is 5.41 Å². The molecule has 1 aliphatic heterocycles. The van der Waals surface area contributed by atoms with Gasteiger partial charge in [-0.05, 0) is 93.7 Å². The highest BCUT2D eigenvalue weighted by Gasteiger charge is 2.32. The molecule has 0 unspecified atom stereocenters. The van der Waals surface area contributed by atoms with Crippen LogP contribution in [0, 0.1) is 5.41 Å². The van der Waals surface area contributed by atoms with Crippen LogP contribution in [0.5, 0.6) is 11.5 Å². The van der Waals surface area contributed by atoms with Gasteiger partial charge in [0.15, 0.2) is 0 Å². The number of hydrogen-bond donors (Lipinski definition) is 0. The lowest BCUT2D eigenvalue weighted by Crippen LogP contribution is -2.30. The zero-order valence-electron chi connectivity index (χ0n) is 36.2. The largest absolute Gasteiger partial charge is 0.457 e. The van der Waals surface area contributed by atoms with Gasteiger partial charge in [-0.3, -0.25) is 4.57 Å². The lowest BCUT2D eigenvalue weighted by molar-refractivity contribution is 0.481. The van der Waals surface area contributed by atoms with E-state index in [4.69, 9.17) is 9.72 Å². The lowest BCUT2D eigenvalue weighted by atomic mass is 9.78. The molecule has 0 saturated heterocycles. The van der Waals surface area contributed by atoms with Gasteiger partial charge in [0.1, 0.15) is 17.3 Å². The van der Waals surface area contributed by atoms with Crippen molar-refractivity contribution in [1.82, 2.24) is 9.55 Å². The van der Waals surface area contributed by atoms with Crippen molar-refractivity contribution in [2.45, 2.75) is 92.4 Å². The molecule has 0 radical (unpaired) electrons. The van der Waals surface area contributed by atoms with E-state index in [-0.39, 0.29) is 21.7 Å². The van der Waals surface area contributed by atoms with Gasteiger partial charge in [0.25, 0.3) is 0 Å². The molecule has 0 atom stereocenters. The van der Waals surface area contributed by atoms with Gasteiger partial charge >= 0.3 is 0 Å². The molecule has 0 saturated carbocycles. The third kappa shape index (κ3) is 7.39. The maximum absolute atomic E-state index is 6.78. The number of rotatable bonds is 7. The number of fused-ring (bicyclic) bond motifs is 3. The van der Waals surface area contributed by atoms with Crippen LogP contribution in [0.25, 0.3) is 27.6 Å². The van der Waals surface area contributed by atoms with Crippen molar-refractivity contribution in [3.05, 3.63) is 168 Å². The topological polar surface area (TPSA) is 33.5 Å². The maximum atomic E-state index is 6.78. The Morgan fingerprint density at radius 2 is 1.17 bits per heavy atom. The van der Waals surface area contributed by atoms with Crippen molar-refractivity contribution < 1.29 is 4.74 Å². The third-order valence-electron chi connectivity index (χ3n) is 11.8. The second-order valence-electron chi connectivity index (χ2n) is 19.6. The summed E-state index contributed by atoms with van der Waals surface area (Å²) in [5.41, 5.74) is 10.7. The third-order valence-corrected chi connectivity index (χ3v) is 11.8. The number of allylic oxidation sites excluding steroid dienone is 1. The molecule has 0 fully saturated rings. The van der Waals surface area contributed by atoms with Crippen LogP contribution in [-0.4, -0.2) is 16.2 Å². The van der Waals surface area contributed by atoms with E-state index in [1.807, 2.05) is 6.20 Å². The lowest BCUT2D eigenvalue weighted by Gasteiger charge is -2.31. The Hall–Kier alpha value is -5.81. The second kappa shape index (κ2) is 14.2. The van der Waals surface area contributed by atoms with Crippen LogP contribution >= 0.6 is 0 Å². The number of hydrogen-bond acceptors (Lipinski definition) is 4. The van der Waals surface area contributed by atoms with Crippen molar-refractivity contribution in [3.63, 3.8) is 0 Å². The van der Waals surface area contributed by atoms with Crippen LogP contribution in [-0.2, 0) is 16.2 Å². The minimum absolute atomic E-state index is 0.0203. The summed E-state index contributed by atoms with van der Waals surface area (Å²) in [4.78, 5) is 9.75. The molecule has 0 spiro atoms. The summed E-state index contributed by atoms with van der Waals surface area (Å²) in [5.74, 6) is 2.47. The first-order valence-electron chi connectivity index (χ1n) is 20.6. The van der Waals surface area contributed by atoms with Crippen LogP contribution in [0.3, 0.4) is 0 Å². The normalized spacial score (nSPS) is 14.1. The van der Waals surface area contributed by atoms with E-state index < -0.39 is 0 Å². The fourth-order valence-corrected chi connectivity index (χ4v) is 8.19. The number of nitrogens with zero attached hydrogens (tertiary/aromatic N) is 4. The maximum Gasteiger partial charge on any atom is 0.137 e. The van der Waals surface area contributed by atoms with Gasteiger partial charge in [-0.2, -0.15) is 0 Å². The van der Waals surface area contributed by atoms with Crippen molar-refractivity contribution in [3.8, 4) is 17.3 Å². The molecule has 3 heterocycles. The van der Waals surface area contributed by atoms with Crippen LogP contribution < -0.4 is 14.5 Å². The minimum atomic E-state index is -0.173. The molecule has 5 heteroatoms. The van der Waals surface area contributed by atoms with Gasteiger partial charge in [0.2, 0.25) is 0 Å². The van der Waals surface area contributed by atoms with E-state index in [1.54, 1.807) is 0 Å². The summed E-state index contributed by atoms with van der Waals surface area (Å²) < 4.78 is 9.08. The monoisotopic (exact) mass is 766 g/mol. The Balaban J connectivity index is 1.18. The number of ether oxygens (including phenoxy) is 1. The van der Waals surface area contributed by atoms with E-state index in [9.17, 15) is 0 Å². The molecule has 8 rings (SSSR count). The number of pyridine rings is 1.